The molecular formula is C13H19FN2O2. The fraction of sp³-hybridized carbons (Fsp3) is 0.462. The van der Waals surface area contributed by atoms with Gasteiger partial charge in [0, 0.05) is 30.9 Å². The number of ether oxygens (including phenoxy) is 1. The van der Waals surface area contributed by atoms with Crippen molar-refractivity contribution in [1.82, 2.24) is 4.90 Å². The fourth-order valence-corrected chi connectivity index (χ4v) is 1.64. The molecule has 5 heteroatoms. The first-order valence-electron chi connectivity index (χ1n) is 6.01. The van der Waals surface area contributed by atoms with Gasteiger partial charge >= 0.3 is 0 Å². The lowest BCUT2D eigenvalue weighted by Gasteiger charge is -2.21. The van der Waals surface area contributed by atoms with E-state index in [1.807, 2.05) is 13.8 Å². The number of carbonyl (C=O) groups is 1. The Balaban J connectivity index is 2.76. The van der Waals surface area contributed by atoms with Gasteiger partial charge in [-0.1, -0.05) is 0 Å². The van der Waals surface area contributed by atoms with Gasteiger partial charge in [0.15, 0.2) is 0 Å². The molecule has 0 aliphatic heterocycles. The lowest BCUT2D eigenvalue weighted by molar-refractivity contribution is 0.0669. The minimum absolute atomic E-state index is 0.233. The van der Waals surface area contributed by atoms with Crippen LogP contribution in [0.5, 0.6) is 0 Å². The Kier molecular flexibility index (Phi) is 5.58. The van der Waals surface area contributed by atoms with Crippen LogP contribution in [0, 0.1) is 5.82 Å². The smallest absolute Gasteiger partial charge is 0.254 e. The van der Waals surface area contributed by atoms with E-state index >= 15 is 0 Å². The van der Waals surface area contributed by atoms with E-state index in [4.69, 9.17) is 10.5 Å². The van der Waals surface area contributed by atoms with Gasteiger partial charge in [-0.15, -0.1) is 0 Å². The first kappa shape index (κ1) is 14.4. The topological polar surface area (TPSA) is 55.6 Å². The second kappa shape index (κ2) is 6.96. The molecule has 18 heavy (non-hydrogen) atoms. The average molecular weight is 254 g/mol. The number of halogens is 1. The Morgan fingerprint density at radius 1 is 1.39 bits per heavy atom. The molecule has 0 aliphatic rings. The van der Waals surface area contributed by atoms with Crippen molar-refractivity contribution in [2.45, 2.75) is 13.8 Å². The van der Waals surface area contributed by atoms with Crippen LogP contribution in [0.4, 0.5) is 10.1 Å². The zero-order valence-electron chi connectivity index (χ0n) is 10.8. The molecule has 1 rings (SSSR count). The number of likely N-dealkylation sites (N-methyl/N-ethyl adjacent to an activating group) is 1. The molecule has 0 aromatic heterocycles. The summed E-state index contributed by atoms with van der Waals surface area (Å²) in [4.78, 5) is 13.7. The summed E-state index contributed by atoms with van der Waals surface area (Å²) < 4.78 is 18.4. The Hall–Kier alpha value is -1.62. The summed E-state index contributed by atoms with van der Waals surface area (Å²) in [5, 5.41) is 0. The van der Waals surface area contributed by atoms with Crippen LogP contribution in [0.2, 0.25) is 0 Å². The summed E-state index contributed by atoms with van der Waals surface area (Å²) in [5.41, 5.74) is 6.04. The molecule has 0 atom stereocenters. The molecule has 0 unspecified atom stereocenters. The molecule has 0 saturated carbocycles. The van der Waals surface area contributed by atoms with Crippen LogP contribution in [0.1, 0.15) is 24.2 Å². The number of amides is 1. The molecule has 0 spiro atoms. The van der Waals surface area contributed by atoms with Crippen molar-refractivity contribution < 1.29 is 13.9 Å². The van der Waals surface area contributed by atoms with E-state index in [1.54, 1.807) is 4.90 Å². The van der Waals surface area contributed by atoms with Crippen molar-refractivity contribution in [2.75, 3.05) is 32.0 Å². The third-order valence-corrected chi connectivity index (χ3v) is 2.55. The van der Waals surface area contributed by atoms with Crippen LogP contribution in [0.3, 0.4) is 0 Å². The van der Waals surface area contributed by atoms with Crippen molar-refractivity contribution in [2.24, 2.45) is 0 Å². The number of carbonyl (C=O) groups excluding carboxylic acids is 1. The van der Waals surface area contributed by atoms with Crippen LogP contribution >= 0.6 is 0 Å². The summed E-state index contributed by atoms with van der Waals surface area (Å²) >= 11 is 0. The number of nitrogen functional groups attached to an aromatic ring is 1. The molecule has 4 nitrogen and oxygen atoms in total. The van der Waals surface area contributed by atoms with Gasteiger partial charge in [0.1, 0.15) is 5.82 Å². The molecule has 0 fully saturated rings. The van der Waals surface area contributed by atoms with Crippen molar-refractivity contribution >= 4 is 11.6 Å². The molecule has 0 radical (unpaired) electrons. The largest absolute Gasteiger partial charge is 0.399 e. The normalized spacial score (nSPS) is 10.4. The summed E-state index contributed by atoms with van der Waals surface area (Å²) in [7, 11) is 0. The molecule has 2 N–H and O–H groups in total. The van der Waals surface area contributed by atoms with Crippen molar-refractivity contribution in [3.63, 3.8) is 0 Å². The molecule has 100 valence electrons. The standard InChI is InChI=1S/C13H19FN2O2/c1-3-16(5-6-18-4-2)13(17)10-7-11(14)9-12(15)8-10/h7-9H,3-6,15H2,1-2H3. The van der Waals surface area contributed by atoms with Crippen LogP contribution < -0.4 is 5.73 Å². The van der Waals surface area contributed by atoms with E-state index in [9.17, 15) is 9.18 Å². The Labute approximate surface area is 107 Å². The molecular weight excluding hydrogens is 235 g/mol. The van der Waals surface area contributed by atoms with Crippen molar-refractivity contribution in [3.05, 3.63) is 29.6 Å². The van der Waals surface area contributed by atoms with Crippen LogP contribution in [0.15, 0.2) is 18.2 Å². The second-order valence-electron chi connectivity index (χ2n) is 3.85. The minimum Gasteiger partial charge on any atom is -0.399 e. The number of hydrogen-bond donors (Lipinski definition) is 1. The van der Waals surface area contributed by atoms with Crippen molar-refractivity contribution in [3.8, 4) is 0 Å². The predicted molar refractivity (Wildman–Crippen MR) is 68.9 cm³/mol. The monoisotopic (exact) mass is 254 g/mol. The van der Waals surface area contributed by atoms with Gasteiger partial charge in [-0.05, 0) is 32.0 Å². The maximum Gasteiger partial charge on any atom is 0.254 e. The minimum atomic E-state index is -0.501. The van der Waals surface area contributed by atoms with Gasteiger partial charge < -0.3 is 15.4 Å². The number of anilines is 1. The highest BCUT2D eigenvalue weighted by molar-refractivity contribution is 5.95. The molecule has 0 bridgehead atoms. The van der Waals surface area contributed by atoms with Crippen molar-refractivity contribution in [1.29, 1.82) is 0 Å². The first-order valence-corrected chi connectivity index (χ1v) is 6.01. The lowest BCUT2D eigenvalue weighted by Crippen LogP contribution is -2.34. The Morgan fingerprint density at radius 3 is 2.67 bits per heavy atom. The van der Waals surface area contributed by atoms with Crippen LogP contribution in [0.25, 0.3) is 0 Å². The van der Waals surface area contributed by atoms with Gasteiger partial charge in [-0.3, -0.25) is 4.79 Å². The third-order valence-electron chi connectivity index (χ3n) is 2.55. The van der Waals surface area contributed by atoms with Crippen LogP contribution in [-0.2, 0) is 4.74 Å². The van der Waals surface area contributed by atoms with Gasteiger partial charge in [-0.25, -0.2) is 4.39 Å². The molecule has 0 saturated heterocycles. The zero-order chi connectivity index (χ0) is 13.5. The molecule has 1 aromatic rings. The molecule has 1 amide bonds. The number of benzene rings is 1. The van der Waals surface area contributed by atoms with E-state index in [0.717, 1.165) is 0 Å². The maximum atomic E-state index is 13.2. The van der Waals surface area contributed by atoms with E-state index in [-0.39, 0.29) is 17.2 Å². The zero-order valence-corrected chi connectivity index (χ0v) is 10.8. The summed E-state index contributed by atoms with van der Waals surface area (Å²) in [6.07, 6.45) is 0. The van der Waals surface area contributed by atoms with Gasteiger partial charge in [-0.2, -0.15) is 0 Å². The Morgan fingerprint density at radius 2 is 2.11 bits per heavy atom. The summed E-state index contributed by atoms with van der Waals surface area (Å²) in [6, 6.07) is 3.87. The molecule has 0 heterocycles. The number of nitrogens with zero attached hydrogens (tertiary/aromatic N) is 1. The van der Waals surface area contributed by atoms with E-state index in [2.05, 4.69) is 0 Å². The van der Waals surface area contributed by atoms with E-state index in [1.165, 1.54) is 18.2 Å². The van der Waals surface area contributed by atoms with Gasteiger partial charge in [0.25, 0.3) is 5.91 Å². The maximum absolute atomic E-state index is 13.2. The predicted octanol–water partition coefficient (Wildman–Crippen LogP) is 1.91. The highest BCUT2D eigenvalue weighted by atomic mass is 19.1. The first-order chi connectivity index (χ1) is 8.58. The van der Waals surface area contributed by atoms with E-state index < -0.39 is 5.82 Å². The summed E-state index contributed by atoms with van der Waals surface area (Å²) in [5.74, 6) is -0.734. The Bertz CT molecular complexity index is 390. The number of hydrogen-bond acceptors (Lipinski definition) is 3. The lowest BCUT2D eigenvalue weighted by atomic mass is 10.1. The fourth-order valence-electron chi connectivity index (χ4n) is 1.64. The quantitative estimate of drug-likeness (QED) is 0.623. The molecule has 0 aliphatic carbocycles. The number of nitrogens with two attached hydrogens (primary N) is 1. The van der Waals surface area contributed by atoms with Crippen LogP contribution in [-0.4, -0.2) is 37.1 Å². The highest BCUT2D eigenvalue weighted by Gasteiger charge is 2.15. The van der Waals surface area contributed by atoms with E-state index in [0.29, 0.717) is 26.3 Å². The average Bonchev–Trinajstić information content (AvgIpc) is 2.33. The SMILES string of the molecule is CCOCCN(CC)C(=O)c1cc(N)cc(F)c1. The van der Waals surface area contributed by atoms with Gasteiger partial charge in [0.2, 0.25) is 0 Å². The summed E-state index contributed by atoms with van der Waals surface area (Å²) in [6.45, 7) is 5.87. The number of rotatable bonds is 6. The highest BCUT2D eigenvalue weighted by Crippen LogP contribution is 2.13. The second-order valence-corrected chi connectivity index (χ2v) is 3.85. The van der Waals surface area contributed by atoms with Gasteiger partial charge in [0.05, 0.1) is 6.61 Å². The molecule has 1 aromatic carbocycles. The third kappa shape index (κ3) is 4.00.